The number of nitrogens with zero attached hydrogens (tertiary/aromatic N) is 1. The first-order valence-electron chi connectivity index (χ1n) is 8.45. The Kier molecular flexibility index (Phi) is 8.22. The summed E-state index contributed by atoms with van der Waals surface area (Å²) < 4.78 is 0. The van der Waals surface area contributed by atoms with Crippen LogP contribution in [0.2, 0.25) is 0 Å². The molecule has 0 bridgehead atoms. The lowest BCUT2D eigenvalue weighted by Crippen LogP contribution is -2.42. The summed E-state index contributed by atoms with van der Waals surface area (Å²) in [6, 6.07) is 7.46. The Morgan fingerprint density at radius 3 is 2.46 bits per heavy atom. The molecule has 1 saturated heterocycles. The van der Waals surface area contributed by atoms with E-state index in [2.05, 4.69) is 17.6 Å². The predicted octanol–water partition coefficient (Wildman–Crippen LogP) is 2.92. The summed E-state index contributed by atoms with van der Waals surface area (Å²) >= 11 is 0. The van der Waals surface area contributed by atoms with Crippen LogP contribution in [0.15, 0.2) is 24.3 Å². The molecule has 5 nitrogen and oxygen atoms in total. The molecule has 1 unspecified atom stereocenters. The van der Waals surface area contributed by atoms with E-state index in [1.807, 2.05) is 18.7 Å². The minimum Gasteiger partial charge on any atom is -0.334 e. The van der Waals surface area contributed by atoms with Gasteiger partial charge in [-0.25, -0.2) is 0 Å². The molecule has 1 aliphatic heterocycles. The number of carbonyl (C=O) groups excluding carboxylic acids is 2. The smallest absolute Gasteiger partial charge is 0.254 e. The van der Waals surface area contributed by atoms with E-state index in [-0.39, 0.29) is 36.2 Å². The molecule has 1 aromatic rings. The summed E-state index contributed by atoms with van der Waals surface area (Å²) in [5, 5.41) is 6.16. The zero-order valence-electron chi connectivity index (χ0n) is 14.7. The van der Waals surface area contributed by atoms with Crippen molar-refractivity contribution >= 4 is 29.9 Å². The van der Waals surface area contributed by atoms with Gasteiger partial charge in [0.25, 0.3) is 5.91 Å². The molecule has 134 valence electrons. The Labute approximate surface area is 150 Å². The Morgan fingerprint density at radius 1 is 1.29 bits per heavy atom. The Morgan fingerprint density at radius 2 is 1.96 bits per heavy atom. The molecule has 0 spiro atoms. The van der Waals surface area contributed by atoms with Crippen LogP contribution in [0, 0.1) is 5.92 Å². The normalized spacial score (nSPS) is 16.6. The molecule has 1 fully saturated rings. The van der Waals surface area contributed by atoms with E-state index in [4.69, 9.17) is 0 Å². The maximum Gasteiger partial charge on any atom is 0.254 e. The molecule has 0 radical (unpaired) electrons. The third-order valence-electron chi connectivity index (χ3n) is 4.12. The van der Waals surface area contributed by atoms with Crippen molar-refractivity contribution in [2.24, 2.45) is 5.92 Å². The Bertz CT molecular complexity index is 540. The predicted molar refractivity (Wildman–Crippen MR) is 99.8 cm³/mol. The third kappa shape index (κ3) is 5.21. The van der Waals surface area contributed by atoms with Crippen LogP contribution in [0.5, 0.6) is 0 Å². The van der Waals surface area contributed by atoms with Gasteiger partial charge in [-0.3, -0.25) is 9.59 Å². The molecule has 1 heterocycles. The highest BCUT2D eigenvalue weighted by Crippen LogP contribution is 2.17. The van der Waals surface area contributed by atoms with Crippen molar-refractivity contribution in [1.29, 1.82) is 0 Å². The SMILES string of the molecule is CCCN(C(=O)c1ccc(NC(=O)C(C)C)cc1)C1CCNC1.Cl. The van der Waals surface area contributed by atoms with Gasteiger partial charge in [0, 0.05) is 36.3 Å². The van der Waals surface area contributed by atoms with Gasteiger partial charge in [-0.2, -0.15) is 0 Å². The first-order chi connectivity index (χ1) is 11.0. The maximum absolute atomic E-state index is 12.8. The highest BCUT2D eigenvalue weighted by Gasteiger charge is 2.26. The van der Waals surface area contributed by atoms with Gasteiger partial charge in [-0.15, -0.1) is 12.4 Å². The third-order valence-corrected chi connectivity index (χ3v) is 4.12. The maximum atomic E-state index is 12.8. The first kappa shape index (κ1) is 20.5. The topological polar surface area (TPSA) is 61.4 Å². The van der Waals surface area contributed by atoms with Gasteiger partial charge in [0.2, 0.25) is 5.91 Å². The highest BCUT2D eigenvalue weighted by atomic mass is 35.5. The summed E-state index contributed by atoms with van der Waals surface area (Å²) in [7, 11) is 0. The fraction of sp³-hybridized carbons (Fsp3) is 0.556. The van der Waals surface area contributed by atoms with E-state index < -0.39 is 0 Å². The molecule has 1 aromatic carbocycles. The molecular weight excluding hydrogens is 326 g/mol. The number of anilines is 1. The van der Waals surface area contributed by atoms with Crippen LogP contribution in [-0.2, 0) is 4.79 Å². The molecule has 2 N–H and O–H groups in total. The van der Waals surface area contributed by atoms with Gasteiger partial charge in [-0.1, -0.05) is 20.8 Å². The second-order valence-electron chi connectivity index (χ2n) is 6.37. The number of carbonyl (C=O) groups is 2. The van der Waals surface area contributed by atoms with Crippen molar-refractivity contribution in [2.75, 3.05) is 25.0 Å². The molecule has 24 heavy (non-hydrogen) atoms. The lowest BCUT2D eigenvalue weighted by molar-refractivity contribution is -0.118. The monoisotopic (exact) mass is 353 g/mol. The summed E-state index contributed by atoms with van der Waals surface area (Å²) in [5.74, 6) is -0.0118. The number of hydrogen-bond acceptors (Lipinski definition) is 3. The van der Waals surface area contributed by atoms with E-state index in [0.29, 0.717) is 5.56 Å². The summed E-state index contributed by atoms with van der Waals surface area (Å²) in [6.45, 7) is 8.41. The van der Waals surface area contributed by atoms with Gasteiger partial charge in [0.15, 0.2) is 0 Å². The van der Waals surface area contributed by atoms with Crippen LogP contribution in [-0.4, -0.2) is 42.4 Å². The van der Waals surface area contributed by atoms with E-state index in [9.17, 15) is 9.59 Å². The molecule has 2 amide bonds. The lowest BCUT2D eigenvalue weighted by atomic mass is 10.1. The minimum atomic E-state index is -0.0637. The zero-order chi connectivity index (χ0) is 16.8. The quantitative estimate of drug-likeness (QED) is 0.826. The molecule has 0 aromatic heterocycles. The van der Waals surface area contributed by atoms with Crippen LogP contribution in [0.3, 0.4) is 0 Å². The van der Waals surface area contributed by atoms with Crippen molar-refractivity contribution < 1.29 is 9.59 Å². The fourth-order valence-electron chi connectivity index (χ4n) is 2.74. The Hall–Kier alpha value is -1.59. The minimum absolute atomic E-state index is 0. The average molecular weight is 354 g/mol. The van der Waals surface area contributed by atoms with Crippen LogP contribution < -0.4 is 10.6 Å². The van der Waals surface area contributed by atoms with Gasteiger partial charge in [0.1, 0.15) is 0 Å². The van der Waals surface area contributed by atoms with Gasteiger partial charge < -0.3 is 15.5 Å². The average Bonchev–Trinajstić information content (AvgIpc) is 3.06. The van der Waals surface area contributed by atoms with Crippen molar-refractivity contribution in [2.45, 2.75) is 39.7 Å². The van der Waals surface area contributed by atoms with Crippen molar-refractivity contribution in [1.82, 2.24) is 10.2 Å². The molecule has 1 aliphatic rings. The fourth-order valence-corrected chi connectivity index (χ4v) is 2.74. The second-order valence-corrected chi connectivity index (χ2v) is 6.37. The van der Waals surface area contributed by atoms with Crippen LogP contribution in [0.1, 0.15) is 44.0 Å². The number of benzene rings is 1. The van der Waals surface area contributed by atoms with E-state index in [1.54, 1.807) is 24.3 Å². The van der Waals surface area contributed by atoms with Crippen molar-refractivity contribution in [3.8, 4) is 0 Å². The van der Waals surface area contributed by atoms with E-state index >= 15 is 0 Å². The summed E-state index contributed by atoms with van der Waals surface area (Å²) in [6.07, 6.45) is 1.96. The van der Waals surface area contributed by atoms with Crippen LogP contribution in [0.25, 0.3) is 0 Å². The molecule has 2 rings (SSSR count). The second kappa shape index (κ2) is 9.64. The Balaban J connectivity index is 0.00000288. The molecule has 0 saturated carbocycles. The molecule has 1 atom stereocenters. The molecule has 6 heteroatoms. The van der Waals surface area contributed by atoms with E-state index in [1.165, 1.54) is 0 Å². The largest absolute Gasteiger partial charge is 0.334 e. The van der Waals surface area contributed by atoms with Crippen LogP contribution in [0.4, 0.5) is 5.69 Å². The van der Waals surface area contributed by atoms with E-state index in [0.717, 1.165) is 38.2 Å². The van der Waals surface area contributed by atoms with Gasteiger partial charge in [0.05, 0.1) is 0 Å². The number of hydrogen-bond donors (Lipinski definition) is 2. The summed E-state index contributed by atoms with van der Waals surface area (Å²) in [5.41, 5.74) is 1.40. The number of amides is 2. The standard InChI is InChI=1S/C18H27N3O2.ClH/c1-4-11-21(16-9-10-19-12-16)18(23)14-5-7-15(8-6-14)20-17(22)13(2)3;/h5-8,13,16,19H,4,9-12H2,1-3H3,(H,20,22);1H. The van der Waals surface area contributed by atoms with Gasteiger partial charge >= 0.3 is 0 Å². The first-order valence-corrected chi connectivity index (χ1v) is 8.45. The number of rotatable bonds is 6. The van der Waals surface area contributed by atoms with Crippen LogP contribution >= 0.6 is 12.4 Å². The molecule has 0 aliphatic carbocycles. The molecular formula is C18H28ClN3O2. The number of nitrogens with one attached hydrogen (secondary N) is 2. The van der Waals surface area contributed by atoms with Crippen molar-refractivity contribution in [3.63, 3.8) is 0 Å². The number of halogens is 1. The lowest BCUT2D eigenvalue weighted by Gasteiger charge is -2.28. The summed E-state index contributed by atoms with van der Waals surface area (Å²) in [4.78, 5) is 26.5. The van der Waals surface area contributed by atoms with Crippen molar-refractivity contribution in [3.05, 3.63) is 29.8 Å². The van der Waals surface area contributed by atoms with Gasteiger partial charge in [-0.05, 0) is 43.7 Å². The highest BCUT2D eigenvalue weighted by molar-refractivity contribution is 5.96. The zero-order valence-corrected chi connectivity index (χ0v) is 15.5.